The molecular formula is C17H26N2O3. The van der Waals surface area contributed by atoms with E-state index in [0.717, 1.165) is 31.2 Å². The number of benzene rings is 1. The smallest absolute Gasteiger partial charge is 0.317 e. The maximum Gasteiger partial charge on any atom is 0.317 e. The molecule has 0 saturated carbocycles. The number of methoxy groups -OCH3 is 1. The summed E-state index contributed by atoms with van der Waals surface area (Å²) >= 11 is 0. The number of amides is 2. The van der Waals surface area contributed by atoms with Crippen LogP contribution < -0.4 is 5.32 Å². The summed E-state index contributed by atoms with van der Waals surface area (Å²) in [6.07, 6.45) is 4.22. The Kier molecular flexibility index (Phi) is 8.72. The quantitative estimate of drug-likeness (QED) is 0.563. The summed E-state index contributed by atoms with van der Waals surface area (Å²) in [4.78, 5) is 24.5. The monoisotopic (exact) mass is 306 g/mol. The lowest BCUT2D eigenvalue weighted by Gasteiger charge is -2.18. The van der Waals surface area contributed by atoms with Crippen LogP contribution in [0.25, 0.3) is 0 Å². The topological polar surface area (TPSA) is 58.6 Å². The van der Waals surface area contributed by atoms with Gasteiger partial charge in [0, 0.05) is 26.6 Å². The van der Waals surface area contributed by atoms with Gasteiger partial charge in [-0.15, -0.1) is 0 Å². The number of hydrogen-bond acceptors (Lipinski definition) is 3. The summed E-state index contributed by atoms with van der Waals surface area (Å²) in [5, 5.41) is 2.91. The maximum atomic E-state index is 11.9. The van der Waals surface area contributed by atoms with Crippen LogP contribution in [-0.4, -0.2) is 37.6 Å². The molecule has 0 aliphatic carbocycles. The van der Waals surface area contributed by atoms with E-state index in [9.17, 15) is 9.59 Å². The Morgan fingerprint density at radius 1 is 1.09 bits per heavy atom. The number of esters is 1. The summed E-state index contributed by atoms with van der Waals surface area (Å²) in [5.74, 6) is -0.157. The van der Waals surface area contributed by atoms with Gasteiger partial charge in [-0.3, -0.25) is 4.79 Å². The van der Waals surface area contributed by atoms with Gasteiger partial charge in [0.1, 0.15) is 0 Å². The Labute approximate surface area is 132 Å². The molecule has 0 aliphatic rings. The van der Waals surface area contributed by atoms with E-state index in [1.54, 1.807) is 11.9 Å². The van der Waals surface area contributed by atoms with E-state index >= 15 is 0 Å². The molecule has 0 aliphatic heterocycles. The van der Waals surface area contributed by atoms with Crippen molar-refractivity contribution < 1.29 is 14.3 Å². The Morgan fingerprint density at radius 3 is 2.45 bits per heavy atom. The van der Waals surface area contributed by atoms with Gasteiger partial charge in [0.25, 0.3) is 0 Å². The summed E-state index contributed by atoms with van der Waals surface area (Å²) in [6.45, 7) is 1.27. The number of nitrogens with one attached hydrogen (secondary N) is 1. The van der Waals surface area contributed by atoms with Crippen LogP contribution in [0.15, 0.2) is 30.3 Å². The second-order valence-corrected chi connectivity index (χ2v) is 5.31. The van der Waals surface area contributed by atoms with E-state index < -0.39 is 0 Å². The number of rotatable bonds is 9. The molecule has 1 aromatic carbocycles. The first-order chi connectivity index (χ1) is 10.6. The summed E-state index contributed by atoms with van der Waals surface area (Å²) < 4.78 is 4.58. The minimum Gasteiger partial charge on any atom is -0.469 e. The minimum atomic E-state index is -0.157. The van der Waals surface area contributed by atoms with Crippen molar-refractivity contribution in [3.63, 3.8) is 0 Å². The van der Waals surface area contributed by atoms with Gasteiger partial charge in [-0.05, 0) is 18.4 Å². The summed E-state index contributed by atoms with van der Waals surface area (Å²) in [6, 6.07) is 9.85. The summed E-state index contributed by atoms with van der Waals surface area (Å²) in [7, 11) is 3.20. The standard InChI is InChI=1S/C17H26N2O3/c1-19(14-15-10-6-5-7-11-15)17(21)18-13-9-4-3-8-12-16(20)22-2/h5-7,10-11H,3-4,8-9,12-14H2,1-2H3,(H,18,21). The third-order valence-corrected chi connectivity index (χ3v) is 3.42. The fourth-order valence-corrected chi connectivity index (χ4v) is 2.11. The highest BCUT2D eigenvalue weighted by Crippen LogP contribution is 2.04. The maximum absolute atomic E-state index is 11.9. The highest BCUT2D eigenvalue weighted by Gasteiger charge is 2.07. The van der Waals surface area contributed by atoms with E-state index in [4.69, 9.17) is 0 Å². The number of nitrogens with zero attached hydrogens (tertiary/aromatic N) is 1. The molecule has 0 bridgehead atoms. The average molecular weight is 306 g/mol. The zero-order chi connectivity index (χ0) is 16.2. The Morgan fingerprint density at radius 2 is 1.77 bits per heavy atom. The molecular weight excluding hydrogens is 280 g/mol. The van der Waals surface area contributed by atoms with Crippen molar-refractivity contribution in [3.8, 4) is 0 Å². The number of unbranched alkanes of at least 4 members (excludes halogenated alkanes) is 3. The van der Waals surface area contributed by atoms with Gasteiger partial charge in [0.15, 0.2) is 0 Å². The molecule has 5 heteroatoms. The van der Waals surface area contributed by atoms with Crippen molar-refractivity contribution in [1.29, 1.82) is 0 Å². The molecule has 0 aromatic heterocycles. The van der Waals surface area contributed by atoms with Crippen LogP contribution >= 0.6 is 0 Å². The predicted molar refractivity (Wildman–Crippen MR) is 86.4 cm³/mol. The van der Waals surface area contributed by atoms with Gasteiger partial charge >= 0.3 is 12.0 Å². The molecule has 5 nitrogen and oxygen atoms in total. The molecule has 122 valence electrons. The molecule has 0 heterocycles. The van der Waals surface area contributed by atoms with E-state index in [1.165, 1.54) is 7.11 Å². The highest BCUT2D eigenvalue weighted by atomic mass is 16.5. The van der Waals surface area contributed by atoms with Crippen LogP contribution in [0.1, 0.15) is 37.7 Å². The molecule has 0 saturated heterocycles. The second-order valence-electron chi connectivity index (χ2n) is 5.31. The molecule has 2 amide bonds. The van der Waals surface area contributed by atoms with Gasteiger partial charge in [-0.2, -0.15) is 0 Å². The number of carbonyl (C=O) groups is 2. The van der Waals surface area contributed by atoms with Crippen molar-refractivity contribution >= 4 is 12.0 Å². The SMILES string of the molecule is COC(=O)CCCCCCNC(=O)N(C)Cc1ccccc1. The zero-order valence-corrected chi connectivity index (χ0v) is 13.5. The van der Waals surface area contributed by atoms with E-state index in [2.05, 4.69) is 10.1 Å². The van der Waals surface area contributed by atoms with E-state index in [1.807, 2.05) is 30.3 Å². The zero-order valence-electron chi connectivity index (χ0n) is 13.5. The highest BCUT2D eigenvalue weighted by molar-refractivity contribution is 5.73. The van der Waals surface area contributed by atoms with Gasteiger partial charge in [-0.1, -0.05) is 43.2 Å². The largest absolute Gasteiger partial charge is 0.469 e. The van der Waals surface area contributed by atoms with Crippen LogP contribution in [0.4, 0.5) is 4.79 Å². The van der Waals surface area contributed by atoms with Gasteiger partial charge in [0.2, 0.25) is 0 Å². The predicted octanol–water partition coefficient (Wildman–Crippen LogP) is 2.95. The van der Waals surface area contributed by atoms with Crippen LogP contribution in [0.3, 0.4) is 0 Å². The molecule has 1 N–H and O–H groups in total. The number of ether oxygens (including phenoxy) is 1. The molecule has 0 atom stereocenters. The van der Waals surface area contributed by atoms with Crippen molar-refractivity contribution in [2.45, 2.75) is 38.6 Å². The van der Waals surface area contributed by atoms with Gasteiger partial charge < -0.3 is 15.0 Å². The molecule has 0 fully saturated rings. The normalized spacial score (nSPS) is 10.1. The van der Waals surface area contributed by atoms with Crippen LogP contribution in [-0.2, 0) is 16.1 Å². The number of urea groups is 1. The Hall–Kier alpha value is -2.04. The fraction of sp³-hybridized carbons (Fsp3) is 0.529. The van der Waals surface area contributed by atoms with Crippen molar-refractivity contribution in [1.82, 2.24) is 10.2 Å². The van der Waals surface area contributed by atoms with Gasteiger partial charge in [0.05, 0.1) is 7.11 Å². The lowest BCUT2D eigenvalue weighted by atomic mass is 10.1. The average Bonchev–Trinajstić information content (AvgIpc) is 2.54. The first-order valence-electron chi connectivity index (χ1n) is 7.73. The third-order valence-electron chi connectivity index (χ3n) is 3.42. The summed E-state index contributed by atoms with van der Waals surface area (Å²) in [5.41, 5.74) is 1.11. The van der Waals surface area contributed by atoms with Crippen molar-refractivity contribution in [2.75, 3.05) is 20.7 Å². The van der Waals surface area contributed by atoms with Crippen molar-refractivity contribution in [2.24, 2.45) is 0 Å². The van der Waals surface area contributed by atoms with Crippen LogP contribution in [0, 0.1) is 0 Å². The first kappa shape index (κ1) is 18.0. The van der Waals surface area contributed by atoms with Crippen molar-refractivity contribution in [3.05, 3.63) is 35.9 Å². The molecule has 1 aromatic rings. The fourth-order valence-electron chi connectivity index (χ4n) is 2.11. The van der Waals surface area contributed by atoms with E-state index in [0.29, 0.717) is 19.5 Å². The lowest BCUT2D eigenvalue weighted by Crippen LogP contribution is -2.37. The van der Waals surface area contributed by atoms with Crippen LogP contribution in [0.5, 0.6) is 0 Å². The number of hydrogen-bond donors (Lipinski definition) is 1. The lowest BCUT2D eigenvalue weighted by molar-refractivity contribution is -0.140. The first-order valence-corrected chi connectivity index (χ1v) is 7.73. The molecule has 22 heavy (non-hydrogen) atoms. The number of carbonyl (C=O) groups excluding carboxylic acids is 2. The van der Waals surface area contributed by atoms with E-state index in [-0.39, 0.29) is 12.0 Å². The van der Waals surface area contributed by atoms with Crippen LogP contribution in [0.2, 0.25) is 0 Å². The Balaban J connectivity index is 2.06. The minimum absolute atomic E-state index is 0.0570. The van der Waals surface area contributed by atoms with Gasteiger partial charge in [-0.25, -0.2) is 4.79 Å². The second kappa shape index (κ2) is 10.7. The molecule has 0 radical (unpaired) electrons. The Bertz CT molecular complexity index is 448. The molecule has 1 rings (SSSR count). The molecule has 0 unspecified atom stereocenters. The third kappa shape index (κ3) is 7.67. The molecule has 0 spiro atoms.